The Bertz CT molecular complexity index is 612. The van der Waals surface area contributed by atoms with Crippen molar-refractivity contribution in [2.24, 2.45) is 33.5 Å². The molecule has 0 aromatic rings. The van der Waals surface area contributed by atoms with Crippen LogP contribution in [-0.4, -0.2) is 16.7 Å². The third-order valence-electron chi connectivity index (χ3n) is 10.1. The first-order valence-corrected chi connectivity index (χ1v) is 11.5. The fourth-order valence-corrected chi connectivity index (χ4v) is 9.73. The third kappa shape index (κ3) is 1.85. The molecule has 0 aromatic carbocycles. The first-order chi connectivity index (χ1) is 10.9. The van der Waals surface area contributed by atoms with E-state index in [4.69, 9.17) is 4.52 Å². The summed E-state index contributed by atoms with van der Waals surface area (Å²) in [6, 6.07) is 0. The van der Waals surface area contributed by atoms with E-state index in [-0.39, 0.29) is 33.4 Å². The number of rotatable bonds is 3. The molecule has 0 heterocycles. The second-order valence-corrected chi connectivity index (χ2v) is 12.9. The number of fused-ring (bicyclic) bond motifs is 4. The van der Waals surface area contributed by atoms with E-state index in [2.05, 4.69) is 41.5 Å². The van der Waals surface area contributed by atoms with E-state index in [0.29, 0.717) is 11.8 Å². The Kier molecular flexibility index (Phi) is 3.44. The van der Waals surface area contributed by atoms with Gasteiger partial charge in [-0.3, -0.25) is 4.57 Å². The highest BCUT2D eigenvalue weighted by Crippen LogP contribution is 2.76. The summed E-state index contributed by atoms with van der Waals surface area (Å²) in [4.78, 5) is 11.0. The standard InChI is InChI=1S/C20H35O3P/c1-17(2)13-7-9-19(17,5)15(11-13)23-24(21,22)16-12-14-8-10-20(16,6)18(14,3)4/h13-16H,7-12H2,1-6H3,(H,21,22). The second-order valence-electron chi connectivity index (χ2n) is 10.9. The van der Waals surface area contributed by atoms with Crippen LogP contribution in [0.3, 0.4) is 0 Å². The van der Waals surface area contributed by atoms with E-state index in [9.17, 15) is 9.46 Å². The Hall–Kier alpha value is 0.150. The molecule has 7 unspecified atom stereocenters. The molecule has 0 aromatic heterocycles. The molecule has 7 atom stereocenters. The molecule has 4 bridgehead atoms. The Morgan fingerprint density at radius 1 is 0.875 bits per heavy atom. The zero-order valence-electron chi connectivity index (χ0n) is 16.3. The first-order valence-electron chi connectivity index (χ1n) is 9.87. The van der Waals surface area contributed by atoms with E-state index < -0.39 is 7.60 Å². The number of hydrogen-bond donors (Lipinski definition) is 1. The Balaban J connectivity index is 1.59. The van der Waals surface area contributed by atoms with Crippen molar-refractivity contribution in [3.05, 3.63) is 0 Å². The summed E-state index contributed by atoms with van der Waals surface area (Å²) in [6.07, 6.45) is 6.43. The maximum Gasteiger partial charge on any atom is 0.332 e. The van der Waals surface area contributed by atoms with Crippen molar-refractivity contribution in [1.29, 1.82) is 0 Å². The average molecular weight is 354 g/mol. The molecule has 4 heteroatoms. The van der Waals surface area contributed by atoms with Crippen LogP contribution < -0.4 is 0 Å². The van der Waals surface area contributed by atoms with Crippen LogP contribution in [0.5, 0.6) is 0 Å². The van der Waals surface area contributed by atoms with Crippen molar-refractivity contribution in [2.45, 2.75) is 91.8 Å². The van der Waals surface area contributed by atoms with Gasteiger partial charge < -0.3 is 9.42 Å². The predicted octanol–water partition coefficient (Wildman–Crippen LogP) is 5.62. The Morgan fingerprint density at radius 2 is 1.38 bits per heavy atom. The molecule has 138 valence electrons. The molecule has 0 spiro atoms. The molecule has 0 amide bonds. The van der Waals surface area contributed by atoms with Crippen molar-refractivity contribution in [3.63, 3.8) is 0 Å². The van der Waals surface area contributed by atoms with Gasteiger partial charge in [0.15, 0.2) is 0 Å². The molecular weight excluding hydrogens is 319 g/mol. The van der Waals surface area contributed by atoms with Gasteiger partial charge in [0.05, 0.1) is 11.8 Å². The molecule has 24 heavy (non-hydrogen) atoms. The summed E-state index contributed by atoms with van der Waals surface area (Å²) >= 11 is 0. The predicted molar refractivity (Wildman–Crippen MR) is 96.9 cm³/mol. The SMILES string of the molecule is CC1(C)C2CCC1(C)C(OP(=O)(O)C1CC3CCC1(C)C3(C)C)C2. The molecule has 4 aliphatic rings. The third-order valence-corrected chi connectivity index (χ3v) is 12.3. The van der Waals surface area contributed by atoms with Crippen LogP contribution in [0.4, 0.5) is 0 Å². The Morgan fingerprint density at radius 3 is 1.75 bits per heavy atom. The van der Waals surface area contributed by atoms with E-state index >= 15 is 0 Å². The topological polar surface area (TPSA) is 46.5 Å². The normalized spacial score (nSPS) is 53.5. The summed E-state index contributed by atoms with van der Waals surface area (Å²) in [5, 5.41) is 0. The van der Waals surface area contributed by atoms with Crippen molar-refractivity contribution in [3.8, 4) is 0 Å². The van der Waals surface area contributed by atoms with Gasteiger partial charge in [0.1, 0.15) is 0 Å². The van der Waals surface area contributed by atoms with Gasteiger partial charge in [0, 0.05) is 0 Å². The molecule has 0 radical (unpaired) electrons. The van der Waals surface area contributed by atoms with Crippen molar-refractivity contribution in [1.82, 2.24) is 0 Å². The van der Waals surface area contributed by atoms with Crippen LogP contribution in [0.15, 0.2) is 0 Å². The van der Waals surface area contributed by atoms with Gasteiger partial charge in [0.2, 0.25) is 0 Å². The smallest absolute Gasteiger partial charge is 0.324 e. The zero-order chi connectivity index (χ0) is 17.8. The van der Waals surface area contributed by atoms with E-state index in [0.717, 1.165) is 25.7 Å². The summed E-state index contributed by atoms with van der Waals surface area (Å²) < 4.78 is 19.6. The van der Waals surface area contributed by atoms with E-state index in [1.165, 1.54) is 12.8 Å². The fraction of sp³-hybridized carbons (Fsp3) is 1.00. The minimum absolute atomic E-state index is 0.0457. The first kappa shape index (κ1) is 17.6. The highest BCUT2D eigenvalue weighted by atomic mass is 31.2. The molecule has 4 fully saturated rings. The lowest BCUT2D eigenvalue weighted by atomic mass is 9.70. The van der Waals surface area contributed by atoms with Crippen molar-refractivity contribution < 1.29 is 14.0 Å². The van der Waals surface area contributed by atoms with Crippen LogP contribution in [0.2, 0.25) is 0 Å². The van der Waals surface area contributed by atoms with Gasteiger partial charge in [-0.1, -0.05) is 41.5 Å². The number of hydrogen-bond acceptors (Lipinski definition) is 2. The largest absolute Gasteiger partial charge is 0.332 e. The van der Waals surface area contributed by atoms with Gasteiger partial charge in [-0.05, 0) is 72.0 Å². The highest BCUT2D eigenvalue weighted by molar-refractivity contribution is 7.53. The maximum absolute atomic E-state index is 13.4. The monoisotopic (exact) mass is 354 g/mol. The summed E-state index contributed by atoms with van der Waals surface area (Å²) in [7, 11) is -3.61. The minimum atomic E-state index is -3.61. The van der Waals surface area contributed by atoms with Crippen LogP contribution in [0.1, 0.15) is 80.1 Å². The molecule has 4 rings (SSSR count). The fourth-order valence-electron chi connectivity index (χ4n) is 7.20. The lowest BCUT2D eigenvalue weighted by Crippen LogP contribution is -2.39. The van der Waals surface area contributed by atoms with E-state index in [1.807, 2.05) is 0 Å². The zero-order valence-corrected chi connectivity index (χ0v) is 17.2. The Labute approximate surface area is 147 Å². The lowest BCUT2D eigenvalue weighted by Gasteiger charge is -2.43. The summed E-state index contributed by atoms with van der Waals surface area (Å²) in [6.45, 7) is 13.8. The van der Waals surface area contributed by atoms with Gasteiger partial charge in [-0.15, -0.1) is 0 Å². The molecular formula is C20H35O3P. The lowest BCUT2D eigenvalue weighted by molar-refractivity contribution is 0.0178. The van der Waals surface area contributed by atoms with Gasteiger partial charge in [-0.25, -0.2) is 0 Å². The highest BCUT2D eigenvalue weighted by Gasteiger charge is 2.68. The summed E-state index contributed by atoms with van der Waals surface area (Å²) in [5.41, 5.74) is 0.178. The second kappa shape index (κ2) is 4.70. The van der Waals surface area contributed by atoms with Crippen LogP contribution >= 0.6 is 7.60 Å². The molecule has 4 saturated carbocycles. The van der Waals surface area contributed by atoms with Crippen LogP contribution in [0.25, 0.3) is 0 Å². The van der Waals surface area contributed by atoms with Gasteiger partial charge in [0.25, 0.3) is 0 Å². The van der Waals surface area contributed by atoms with Crippen molar-refractivity contribution >= 4 is 7.60 Å². The maximum atomic E-state index is 13.4. The minimum Gasteiger partial charge on any atom is -0.324 e. The van der Waals surface area contributed by atoms with Gasteiger partial charge in [-0.2, -0.15) is 0 Å². The molecule has 0 aliphatic heterocycles. The summed E-state index contributed by atoms with van der Waals surface area (Å²) in [5.74, 6) is 1.21. The molecule has 3 nitrogen and oxygen atoms in total. The van der Waals surface area contributed by atoms with Gasteiger partial charge >= 0.3 is 7.60 Å². The average Bonchev–Trinajstić information content (AvgIpc) is 2.97. The van der Waals surface area contributed by atoms with Crippen LogP contribution in [0, 0.1) is 33.5 Å². The van der Waals surface area contributed by atoms with Crippen LogP contribution in [-0.2, 0) is 9.09 Å². The molecule has 4 aliphatic carbocycles. The van der Waals surface area contributed by atoms with Crippen molar-refractivity contribution in [2.75, 3.05) is 0 Å². The molecule has 0 saturated heterocycles. The quantitative estimate of drug-likeness (QED) is 0.669. The molecule has 1 N–H and O–H groups in total. The van der Waals surface area contributed by atoms with E-state index in [1.54, 1.807) is 0 Å².